The Morgan fingerprint density at radius 1 is 0.700 bits per heavy atom. The number of benzene rings is 4. The van der Waals surface area contributed by atoms with Gasteiger partial charge in [0, 0.05) is 18.5 Å². The minimum absolute atomic E-state index is 0.0127. The first kappa shape index (κ1) is 40.8. The Morgan fingerprint density at radius 3 is 1.72 bits per heavy atom. The molecule has 50 heavy (non-hydrogen) atoms. The van der Waals surface area contributed by atoms with E-state index in [9.17, 15) is 28.3 Å². The van der Waals surface area contributed by atoms with Crippen LogP contribution in [0.25, 0.3) is 0 Å². The summed E-state index contributed by atoms with van der Waals surface area (Å²) in [5, 5.41) is 33.7. The molecule has 0 saturated heterocycles. The monoisotopic (exact) mass is 708 g/mol. The van der Waals surface area contributed by atoms with Crippen LogP contribution < -0.4 is 5.32 Å². The highest BCUT2D eigenvalue weighted by Gasteiger charge is 2.36. The van der Waals surface area contributed by atoms with Gasteiger partial charge < -0.3 is 29.3 Å². The van der Waals surface area contributed by atoms with Crippen molar-refractivity contribution in [2.24, 2.45) is 0 Å². The highest BCUT2D eigenvalue weighted by atomic mass is 32.2. The molecule has 0 amide bonds. The summed E-state index contributed by atoms with van der Waals surface area (Å²) in [7, 11) is -4.13. The van der Waals surface area contributed by atoms with E-state index in [0.29, 0.717) is 36.1 Å². The highest BCUT2D eigenvalue weighted by molar-refractivity contribution is 7.84. The number of aliphatic hydroxyl groups is 2. The van der Waals surface area contributed by atoms with Crippen molar-refractivity contribution in [1.82, 2.24) is 5.32 Å². The molecule has 0 radical (unpaired) electrons. The zero-order valence-electron chi connectivity index (χ0n) is 29.2. The Kier molecular flexibility index (Phi) is 17.0. The van der Waals surface area contributed by atoms with Gasteiger partial charge in [-0.1, -0.05) is 109 Å². The third-order valence-corrected chi connectivity index (χ3v) is 9.11. The van der Waals surface area contributed by atoms with E-state index in [1.54, 1.807) is 36.4 Å². The number of nitrogens with zero attached hydrogens (tertiary/aromatic N) is 1. The first-order chi connectivity index (χ1) is 23.9. The van der Waals surface area contributed by atoms with Gasteiger partial charge in [0.1, 0.15) is 31.6 Å². The Balaban J connectivity index is 0.000000521. The number of rotatable bonds is 19. The second-order valence-electron chi connectivity index (χ2n) is 12.4. The topological polar surface area (TPSA) is 148 Å². The maximum absolute atomic E-state index is 10.4. The van der Waals surface area contributed by atoms with E-state index in [2.05, 4.69) is 29.6 Å². The van der Waals surface area contributed by atoms with Crippen LogP contribution in [0.4, 0.5) is 0 Å². The number of hydrogen-bond acceptors (Lipinski definition) is 9. The molecule has 4 aromatic carbocycles. The highest BCUT2D eigenvalue weighted by Crippen LogP contribution is 2.23. The number of aliphatic hydroxyl groups excluding tert-OH is 2. The summed E-state index contributed by atoms with van der Waals surface area (Å²) in [5.41, 5.74) is 3.73. The van der Waals surface area contributed by atoms with Gasteiger partial charge in [0.25, 0.3) is 0 Å². The Hall–Kier alpha value is -3.65. The SMILES string of the molecule is CC(NC(Cc1ccccc1)Cc1ccccc1O)OC(C)OC(C)[N+](CCO)(CCO)Cc1ccccc1.O=S(=O)([O-])Cc1ccccc1. The summed E-state index contributed by atoms with van der Waals surface area (Å²) in [6.07, 6.45) is 0.242. The Labute approximate surface area is 297 Å². The smallest absolute Gasteiger partial charge is 0.193 e. The summed E-state index contributed by atoms with van der Waals surface area (Å²) in [4.78, 5) is 0. The molecular formula is C39H52N2O8S. The van der Waals surface area contributed by atoms with Crippen LogP contribution in [0.5, 0.6) is 5.75 Å². The van der Waals surface area contributed by atoms with Crippen molar-refractivity contribution in [1.29, 1.82) is 0 Å². The molecule has 0 bridgehead atoms. The molecule has 272 valence electrons. The molecule has 0 fully saturated rings. The van der Waals surface area contributed by atoms with Crippen molar-refractivity contribution in [2.45, 2.75) is 70.7 Å². The summed E-state index contributed by atoms with van der Waals surface area (Å²) < 4.78 is 43.7. The van der Waals surface area contributed by atoms with E-state index < -0.39 is 22.2 Å². The van der Waals surface area contributed by atoms with Crippen LogP contribution >= 0.6 is 0 Å². The van der Waals surface area contributed by atoms with Crippen molar-refractivity contribution in [3.05, 3.63) is 138 Å². The maximum atomic E-state index is 10.4. The molecule has 0 saturated carbocycles. The molecule has 10 nitrogen and oxygen atoms in total. The Morgan fingerprint density at radius 2 is 1.20 bits per heavy atom. The lowest BCUT2D eigenvalue weighted by Gasteiger charge is -2.43. The molecule has 0 aliphatic carbocycles. The zero-order valence-corrected chi connectivity index (χ0v) is 30.0. The number of hydrogen-bond donors (Lipinski definition) is 4. The van der Waals surface area contributed by atoms with E-state index in [0.717, 1.165) is 17.5 Å². The van der Waals surface area contributed by atoms with Crippen LogP contribution in [0.1, 0.15) is 43.0 Å². The fourth-order valence-corrected chi connectivity index (χ4v) is 6.62. The molecule has 0 heterocycles. The predicted molar refractivity (Wildman–Crippen MR) is 194 cm³/mol. The lowest BCUT2D eigenvalue weighted by molar-refractivity contribution is -0.983. The molecule has 0 aromatic heterocycles. The minimum atomic E-state index is -4.13. The third kappa shape index (κ3) is 14.7. The fraction of sp³-hybridized carbons (Fsp3) is 0.385. The van der Waals surface area contributed by atoms with Crippen molar-refractivity contribution in [3.8, 4) is 5.75 Å². The van der Waals surface area contributed by atoms with Gasteiger partial charge in [-0.15, -0.1) is 0 Å². The van der Waals surface area contributed by atoms with Crippen LogP contribution in [-0.4, -0.2) is 83.9 Å². The molecule has 4 atom stereocenters. The first-order valence-corrected chi connectivity index (χ1v) is 18.5. The van der Waals surface area contributed by atoms with Crippen LogP contribution in [0.2, 0.25) is 0 Å². The molecule has 4 rings (SSSR count). The van der Waals surface area contributed by atoms with Gasteiger partial charge >= 0.3 is 0 Å². The van der Waals surface area contributed by atoms with Crippen LogP contribution in [0, 0.1) is 0 Å². The first-order valence-electron chi connectivity index (χ1n) is 16.9. The standard InChI is InChI=1S/C32H44N2O5.C7H8O3S/c1-25(33-31(22-28-12-6-4-7-13-28)23-30-16-10-11-17-32(30)37)38-27(3)39-26(2)34(18-20-35,19-21-36)24-29-14-8-5-9-15-29;8-11(9,10)6-7-4-2-1-3-5-7/h4-17,25-27,31,33,35-36H,18-24H2,1-3H3;1-5H,6H2,(H,8,9,10). The molecular weight excluding hydrogens is 657 g/mol. The number of ether oxygens (including phenoxy) is 2. The van der Waals surface area contributed by atoms with Gasteiger partial charge in [-0.3, -0.25) is 9.80 Å². The number of nitrogens with one attached hydrogen (secondary N) is 1. The summed E-state index contributed by atoms with van der Waals surface area (Å²) in [6.45, 7) is 7.32. The Bertz CT molecular complexity index is 1610. The van der Waals surface area contributed by atoms with Crippen LogP contribution in [-0.2, 0) is 44.7 Å². The molecule has 11 heteroatoms. The largest absolute Gasteiger partial charge is 0.748 e. The van der Waals surface area contributed by atoms with E-state index >= 15 is 0 Å². The molecule has 0 spiro atoms. The van der Waals surface area contributed by atoms with E-state index in [1.165, 1.54) is 5.56 Å². The normalized spacial score (nSPS) is 14.2. The van der Waals surface area contributed by atoms with Crippen LogP contribution in [0.15, 0.2) is 115 Å². The van der Waals surface area contributed by atoms with Crippen LogP contribution in [0.3, 0.4) is 0 Å². The zero-order chi connectivity index (χ0) is 36.4. The third-order valence-electron chi connectivity index (χ3n) is 8.43. The summed E-state index contributed by atoms with van der Waals surface area (Å²) in [6, 6.07) is 36.2. The molecule has 4 unspecified atom stereocenters. The number of phenolic OH excluding ortho intramolecular Hbond substituents is 1. The molecule has 0 aliphatic heterocycles. The van der Waals surface area contributed by atoms with E-state index in [4.69, 9.17) is 9.47 Å². The van der Waals surface area contributed by atoms with E-state index in [-0.39, 0.29) is 37.5 Å². The van der Waals surface area contributed by atoms with Gasteiger partial charge in [-0.05, 0) is 49.4 Å². The number of quaternary nitrogens is 1. The number of para-hydroxylation sites is 1. The fourth-order valence-electron chi connectivity index (χ4n) is 6.02. The lowest BCUT2D eigenvalue weighted by atomic mass is 9.98. The second kappa shape index (κ2) is 20.9. The quantitative estimate of drug-likeness (QED) is 0.0604. The molecule has 4 N–H and O–H groups in total. The average Bonchev–Trinajstić information content (AvgIpc) is 3.07. The van der Waals surface area contributed by atoms with Crippen molar-refractivity contribution >= 4 is 10.1 Å². The number of aromatic hydroxyl groups is 1. The van der Waals surface area contributed by atoms with Gasteiger partial charge in [0.05, 0.1) is 29.1 Å². The summed E-state index contributed by atoms with van der Waals surface area (Å²) >= 11 is 0. The maximum Gasteiger partial charge on any atom is 0.193 e. The van der Waals surface area contributed by atoms with Crippen molar-refractivity contribution < 1.29 is 42.2 Å². The molecule has 0 aliphatic rings. The number of phenols is 1. The summed E-state index contributed by atoms with van der Waals surface area (Å²) in [5.74, 6) is -0.134. The molecule has 4 aromatic rings. The lowest BCUT2D eigenvalue weighted by Crippen LogP contribution is -2.58. The van der Waals surface area contributed by atoms with Gasteiger partial charge in [-0.25, -0.2) is 8.42 Å². The van der Waals surface area contributed by atoms with Crippen molar-refractivity contribution in [3.63, 3.8) is 0 Å². The van der Waals surface area contributed by atoms with Gasteiger partial charge in [0.2, 0.25) is 0 Å². The average molecular weight is 709 g/mol. The predicted octanol–water partition coefficient (Wildman–Crippen LogP) is 4.94. The second-order valence-corrected chi connectivity index (χ2v) is 13.8. The van der Waals surface area contributed by atoms with Gasteiger partial charge in [-0.2, -0.15) is 0 Å². The van der Waals surface area contributed by atoms with Gasteiger partial charge in [0.15, 0.2) is 12.5 Å². The van der Waals surface area contributed by atoms with E-state index in [1.807, 2.05) is 75.4 Å². The van der Waals surface area contributed by atoms with Crippen molar-refractivity contribution in [2.75, 3.05) is 26.3 Å². The minimum Gasteiger partial charge on any atom is -0.748 e.